The van der Waals surface area contributed by atoms with E-state index in [1.54, 1.807) is 48.5 Å². The summed E-state index contributed by atoms with van der Waals surface area (Å²) in [4.78, 5) is 13.5. The van der Waals surface area contributed by atoms with Crippen molar-refractivity contribution in [2.24, 2.45) is 0 Å². The molecule has 4 aromatic carbocycles. The van der Waals surface area contributed by atoms with Crippen molar-refractivity contribution in [2.75, 3.05) is 0 Å². The quantitative estimate of drug-likeness (QED) is 0.0836. The van der Waals surface area contributed by atoms with Gasteiger partial charge in [-0.2, -0.15) is 0 Å². The minimum atomic E-state index is -0.217. The van der Waals surface area contributed by atoms with Gasteiger partial charge >= 0.3 is 0 Å². The molecule has 8 aromatic rings. The lowest BCUT2D eigenvalue weighted by molar-refractivity contribution is 0.442. The molecule has 9 rings (SSSR count). The molecule has 4 aromatic heterocycles. The van der Waals surface area contributed by atoms with Crippen molar-refractivity contribution >= 4 is 0 Å². The Bertz CT molecular complexity index is 2230. The molecule has 0 saturated heterocycles. The van der Waals surface area contributed by atoms with E-state index in [1.807, 2.05) is 0 Å². The smallest absolute Gasteiger partial charge is 0.191 e. The van der Waals surface area contributed by atoms with Gasteiger partial charge < -0.3 is 60.8 Å². The zero-order valence-electron chi connectivity index (χ0n) is 29.1. The lowest BCUT2D eigenvalue weighted by Gasteiger charge is -2.15. The molecule has 0 aliphatic carbocycles. The van der Waals surface area contributed by atoms with Gasteiger partial charge in [-0.15, -0.1) is 0 Å². The molecule has 12 nitrogen and oxygen atoms in total. The highest BCUT2D eigenvalue weighted by atomic mass is 16.3. The fourth-order valence-electron chi connectivity index (χ4n) is 7.54. The minimum absolute atomic E-state index is 0.0976. The lowest BCUT2D eigenvalue weighted by Crippen LogP contribution is -2.12. The van der Waals surface area contributed by atoms with Crippen LogP contribution in [0.5, 0.6) is 46.0 Å². The monoisotopic (exact) mass is 744 g/mol. The number of hydrogen-bond donors (Lipinski definition) is 12. The number of rotatable bonds is 4. The first-order valence-electron chi connectivity index (χ1n) is 17.4. The summed E-state index contributed by atoms with van der Waals surface area (Å²) < 4.78 is 0. The number of aromatic nitrogens is 4. The molecule has 1 aliphatic rings. The molecule has 0 unspecified atom stereocenters. The third kappa shape index (κ3) is 5.31. The molecule has 0 spiro atoms. The van der Waals surface area contributed by atoms with Crippen molar-refractivity contribution in [3.63, 3.8) is 0 Å². The Balaban J connectivity index is 1.36. The van der Waals surface area contributed by atoms with Gasteiger partial charge in [0.25, 0.3) is 0 Å². The fourth-order valence-corrected chi connectivity index (χ4v) is 7.54. The normalized spacial score (nSPS) is 12.7. The molecule has 12 N–H and O–H groups in total. The highest BCUT2D eigenvalue weighted by Crippen LogP contribution is 2.48. The first-order chi connectivity index (χ1) is 27.1. The van der Waals surface area contributed by atoms with Crippen LogP contribution in [0.4, 0.5) is 0 Å². The van der Waals surface area contributed by atoms with Crippen molar-refractivity contribution in [2.45, 2.75) is 0 Å². The average molecular weight is 745 g/mol. The Morgan fingerprint density at radius 1 is 0.232 bits per heavy atom. The second-order valence-corrected chi connectivity index (χ2v) is 13.3. The lowest BCUT2D eigenvalue weighted by atomic mass is 9.90. The van der Waals surface area contributed by atoms with E-state index >= 15 is 0 Å². The van der Waals surface area contributed by atoms with Gasteiger partial charge in [0.05, 0.1) is 48.5 Å². The van der Waals surface area contributed by atoms with E-state index in [0.717, 1.165) is 0 Å². The van der Waals surface area contributed by atoms with Crippen molar-refractivity contribution in [1.29, 1.82) is 0 Å². The SMILES string of the molecule is Oc1cccc(O)c1[C+]1c2ccc([nH]2)[C+](c2c(O)cccc2O)c2ccc([nH]2)[C+](c2c(O)cccc2O)c2ccc([nH]2)[C+](c2c(O)cccc2O)c2ccc1[nH]2. The van der Waals surface area contributed by atoms with Crippen molar-refractivity contribution in [3.8, 4) is 46.0 Å². The predicted octanol–water partition coefficient (Wildman–Crippen LogP) is 7.03. The molecule has 56 heavy (non-hydrogen) atoms. The molecule has 8 bridgehead atoms. The molecule has 12 heteroatoms. The van der Waals surface area contributed by atoms with Crippen molar-refractivity contribution in [1.82, 2.24) is 19.9 Å². The molecule has 0 saturated carbocycles. The summed E-state index contributed by atoms with van der Waals surface area (Å²) in [6.45, 7) is 0. The second kappa shape index (κ2) is 12.8. The Morgan fingerprint density at radius 2 is 0.375 bits per heavy atom. The summed E-state index contributed by atoms with van der Waals surface area (Å²) in [7, 11) is 0. The van der Waals surface area contributed by atoms with Gasteiger partial charge in [-0.1, -0.05) is 0 Å². The van der Waals surface area contributed by atoms with Crippen LogP contribution in [0.15, 0.2) is 121 Å². The summed E-state index contributed by atoms with van der Waals surface area (Å²) in [6, 6.07) is 31.4. The van der Waals surface area contributed by atoms with Gasteiger partial charge in [0.1, 0.15) is 69.2 Å². The van der Waals surface area contributed by atoms with Crippen LogP contribution in [0.3, 0.4) is 0 Å². The van der Waals surface area contributed by atoms with E-state index in [-0.39, 0.29) is 68.2 Å². The maximum atomic E-state index is 11.2. The first kappa shape index (κ1) is 33.7. The Morgan fingerprint density at radius 3 is 0.518 bits per heavy atom. The van der Waals surface area contributed by atoms with Crippen LogP contribution in [0, 0.1) is 23.7 Å². The number of nitrogens with one attached hydrogen (secondary N) is 4. The van der Waals surface area contributed by atoms with Gasteiger partial charge in [-0.05, 0) is 24.3 Å². The first-order valence-corrected chi connectivity index (χ1v) is 17.4. The number of hydrogen-bond acceptors (Lipinski definition) is 8. The Kier molecular flexibility index (Phi) is 7.69. The summed E-state index contributed by atoms with van der Waals surface area (Å²) in [6.07, 6.45) is 0. The number of benzene rings is 4. The number of fused-ring (bicyclic) bond motifs is 8. The van der Waals surface area contributed by atoms with E-state index in [2.05, 4.69) is 19.9 Å². The summed E-state index contributed by atoms with van der Waals surface area (Å²) in [5.74, 6) is -0.361. The number of aromatic amines is 4. The van der Waals surface area contributed by atoms with Crippen LogP contribution < -0.4 is 0 Å². The molecular weight excluding hydrogens is 713 g/mol. The van der Waals surface area contributed by atoms with Crippen molar-refractivity contribution < 1.29 is 40.9 Å². The topological polar surface area (TPSA) is 225 Å². The molecule has 5 heterocycles. The maximum Gasteiger partial charge on any atom is 0.191 e. The highest BCUT2D eigenvalue weighted by Gasteiger charge is 2.42. The van der Waals surface area contributed by atoms with Crippen LogP contribution >= 0.6 is 0 Å². The summed E-state index contributed by atoms with van der Waals surface area (Å²) in [5, 5.41) is 89.7. The minimum Gasteiger partial charge on any atom is -0.472 e. The summed E-state index contributed by atoms with van der Waals surface area (Å²) in [5.41, 5.74) is 3.70. The zero-order valence-corrected chi connectivity index (χ0v) is 29.1. The maximum absolute atomic E-state index is 11.2. The molecule has 0 fully saturated rings. The number of H-pyrrole nitrogens is 4. The third-order valence-corrected chi connectivity index (χ3v) is 9.98. The third-order valence-electron chi connectivity index (χ3n) is 9.98. The Hall–Kier alpha value is -8.12. The van der Waals surface area contributed by atoms with Gasteiger partial charge in [0.2, 0.25) is 0 Å². The average Bonchev–Trinajstić information content (AvgIpc) is 4.00. The van der Waals surface area contributed by atoms with Gasteiger partial charge in [-0.25, -0.2) is 0 Å². The number of phenols is 8. The number of aromatic hydroxyl groups is 8. The fraction of sp³-hybridized carbons (Fsp3) is 0. The van der Waals surface area contributed by atoms with Gasteiger partial charge in [0, 0.05) is 48.5 Å². The zero-order chi connectivity index (χ0) is 38.8. The largest absolute Gasteiger partial charge is 0.472 e. The molecule has 1 aliphatic heterocycles. The van der Waals surface area contributed by atoms with Crippen LogP contribution in [-0.4, -0.2) is 60.8 Å². The van der Waals surface area contributed by atoms with E-state index in [1.165, 1.54) is 72.8 Å². The Labute approximate surface area is 318 Å². The van der Waals surface area contributed by atoms with E-state index in [9.17, 15) is 40.9 Å². The molecule has 0 amide bonds. The van der Waals surface area contributed by atoms with Crippen LogP contribution in [-0.2, 0) is 0 Å². The summed E-state index contributed by atoms with van der Waals surface area (Å²) >= 11 is 0. The van der Waals surface area contributed by atoms with Crippen LogP contribution in [0.25, 0.3) is 0 Å². The van der Waals surface area contributed by atoms with Crippen molar-refractivity contribution in [3.05, 3.63) is 213 Å². The second-order valence-electron chi connectivity index (χ2n) is 13.3. The highest BCUT2D eigenvalue weighted by molar-refractivity contribution is 5.71. The van der Waals surface area contributed by atoms with Crippen LogP contribution in [0.2, 0.25) is 0 Å². The standard InChI is InChI=1S/C44H28N4O8/c49-29-5-1-6-30(50)41(29)37-21-13-15-23(45-21)38(42-31(51)7-2-8-32(42)52)25-17-19-27(47-25)40(44-35(55)11-4-12-36(44)56)28-20-18-26(48-28)39(24-16-14-22(37)46-24)43-33(53)9-3-10-34(43)54/h1-20,45-48H,(H4-4,49,50,51,52,53,54,55,56)/p+4. The molecule has 0 radical (unpaired) electrons. The molecular formula is C44H32N4O8+4. The van der Waals surface area contributed by atoms with E-state index < -0.39 is 0 Å². The van der Waals surface area contributed by atoms with Gasteiger partial charge in [0.15, 0.2) is 68.2 Å². The van der Waals surface area contributed by atoms with E-state index in [4.69, 9.17) is 0 Å². The molecule has 272 valence electrons. The molecule has 0 atom stereocenters. The van der Waals surface area contributed by atoms with Gasteiger partial charge in [-0.3, -0.25) is 0 Å². The van der Waals surface area contributed by atoms with Crippen LogP contribution in [0.1, 0.15) is 67.8 Å². The van der Waals surface area contributed by atoms with E-state index in [0.29, 0.717) is 69.2 Å². The predicted molar refractivity (Wildman–Crippen MR) is 204 cm³/mol. The number of phenolic OH excluding ortho intramolecular Hbond substituents is 8.